The summed E-state index contributed by atoms with van der Waals surface area (Å²) in [7, 11) is 3.16. The Morgan fingerprint density at radius 1 is 1.14 bits per heavy atom. The first-order valence-electron chi connectivity index (χ1n) is 11.8. The first-order chi connectivity index (χ1) is 17.8. The number of methoxy groups -OCH3 is 2. The summed E-state index contributed by atoms with van der Waals surface area (Å²) >= 11 is 1.41. The van der Waals surface area contributed by atoms with Gasteiger partial charge in [-0.25, -0.2) is 9.79 Å². The molecule has 1 aromatic heterocycles. The molecule has 2 aromatic rings. The maximum absolute atomic E-state index is 13.4. The number of carbonyl (C=O) groups excluding carboxylic acids is 2. The van der Waals surface area contributed by atoms with Crippen molar-refractivity contribution in [1.29, 1.82) is 0 Å². The molecule has 37 heavy (non-hydrogen) atoms. The van der Waals surface area contributed by atoms with Crippen LogP contribution >= 0.6 is 11.8 Å². The number of amidine groups is 1. The first-order valence-corrected chi connectivity index (χ1v) is 12.7. The summed E-state index contributed by atoms with van der Waals surface area (Å²) < 4.78 is 16.8. The molecule has 2 aliphatic heterocycles. The van der Waals surface area contributed by atoms with E-state index in [1.807, 2.05) is 28.5 Å². The number of carbonyl (C=O) groups is 2. The number of aromatic nitrogens is 1. The Kier molecular flexibility index (Phi) is 8.17. The van der Waals surface area contributed by atoms with E-state index in [2.05, 4.69) is 10.3 Å². The number of thioether (sulfide) groups is 1. The lowest BCUT2D eigenvalue weighted by Crippen LogP contribution is -2.38. The van der Waals surface area contributed by atoms with Gasteiger partial charge in [0.25, 0.3) is 0 Å². The smallest absolute Gasteiger partial charge is 0.338 e. The number of aliphatic imine (C=N–C) groups is 1. The van der Waals surface area contributed by atoms with E-state index in [1.54, 1.807) is 59.5 Å². The summed E-state index contributed by atoms with van der Waals surface area (Å²) in [6.45, 7) is 5.79. The number of rotatable bonds is 9. The van der Waals surface area contributed by atoms with Crippen LogP contribution in [0.4, 0.5) is 0 Å². The van der Waals surface area contributed by atoms with Crippen LogP contribution in [0.15, 0.2) is 70.1 Å². The summed E-state index contributed by atoms with van der Waals surface area (Å²) in [6, 6.07) is 8.52. The Bertz CT molecular complexity index is 1270. The van der Waals surface area contributed by atoms with E-state index in [1.165, 1.54) is 11.8 Å². The van der Waals surface area contributed by atoms with Crippen LogP contribution in [-0.4, -0.2) is 47.3 Å². The van der Waals surface area contributed by atoms with Crippen LogP contribution in [0.2, 0.25) is 0 Å². The second-order valence-corrected chi connectivity index (χ2v) is 9.60. The molecular weight excluding hydrogens is 492 g/mol. The van der Waals surface area contributed by atoms with E-state index >= 15 is 0 Å². The molecule has 10 heteroatoms. The van der Waals surface area contributed by atoms with Crippen molar-refractivity contribution in [3.8, 4) is 11.5 Å². The molecule has 0 spiro atoms. The minimum absolute atomic E-state index is 0.103. The third-order valence-corrected chi connectivity index (χ3v) is 6.76. The van der Waals surface area contributed by atoms with Gasteiger partial charge in [0.2, 0.25) is 5.91 Å². The van der Waals surface area contributed by atoms with Crippen LogP contribution in [0, 0.1) is 0 Å². The van der Waals surface area contributed by atoms with Gasteiger partial charge in [0.05, 0.1) is 44.1 Å². The van der Waals surface area contributed by atoms with Gasteiger partial charge in [-0.15, -0.1) is 0 Å². The van der Waals surface area contributed by atoms with Gasteiger partial charge in [0.15, 0.2) is 5.17 Å². The lowest BCUT2D eigenvalue weighted by molar-refractivity contribution is -0.143. The number of fused-ring (bicyclic) bond motifs is 1. The molecule has 1 amide bonds. The van der Waals surface area contributed by atoms with E-state index in [-0.39, 0.29) is 18.4 Å². The number of hydrogen-bond donors (Lipinski definition) is 1. The summed E-state index contributed by atoms with van der Waals surface area (Å²) in [5.41, 5.74) is 3.31. The Labute approximate surface area is 220 Å². The number of benzene rings is 1. The highest BCUT2D eigenvalue weighted by molar-refractivity contribution is 8.16. The molecule has 3 heterocycles. The molecule has 1 aromatic carbocycles. The third kappa shape index (κ3) is 5.80. The molecule has 0 fully saturated rings. The van der Waals surface area contributed by atoms with Gasteiger partial charge in [-0.05, 0) is 62.1 Å². The number of amides is 1. The highest BCUT2D eigenvalue weighted by Crippen LogP contribution is 2.47. The standard InChI is InChI=1S/C27H30N4O5S/c1-16(2)36-26(33)24-17(3)30-27-31(25(24)21-13-20(34-4)6-7-22(21)35-5)19(15-37-27)12-23(32)29-14-18-8-10-28-11-9-18/h6-11,13,15-16,25H,12,14H2,1-5H3,(H,29,32)/t25-/m0/s1. The quantitative estimate of drug-likeness (QED) is 0.486. The summed E-state index contributed by atoms with van der Waals surface area (Å²) in [5.74, 6) is 0.567. The summed E-state index contributed by atoms with van der Waals surface area (Å²) in [4.78, 5) is 36.9. The molecular formula is C27H30N4O5S. The van der Waals surface area contributed by atoms with Gasteiger partial charge in [0.1, 0.15) is 11.5 Å². The van der Waals surface area contributed by atoms with Crippen molar-refractivity contribution in [3.05, 3.63) is 76.2 Å². The summed E-state index contributed by atoms with van der Waals surface area (Å²) in [5, 5.41) is 5.52. The molecule has 1 N–H and O–H groups in total. The van der Waals surface area contributed by atoms with E-state index in [4.69, 9.17) is 19.2 Å². The normalized spacial score (nSPS) is 16.7. The van der Waals surface area contributed by atoms with Crippen molar-refractivity contribution in [3.63, 3.8) is 0 Å². The van der Waals surface area contributed by atoms with Crippen LogP contribution < -0.4 is 14.8 Å². The zero-order valence-corrected chi connectivity index (χ0v) is 22.3. The van der Waals surface area contributed by atoms with Crippen LogP contribution in [-0.2, 0) is 20.9 Å². The predicted octanol–water partition coefficient (Wildman–Crippen LogP) is 4.33. The maximum atomic E-state index is 13.4. The number of allylic oxidation sites excluding steroid dienone is 1. The fourth-order valence-electron chi connectivity index (χ4n) is 4.18. The van der Waals surface area contributed by atoms with Gasteiger partial charge < -0.3 is 24.4 Å². The average molecular weight is 523 g/mol. The summed E-state index contributed by atoms with van der Waals surface area (Å²) in [6.07, 6.45) is 3.16. The van der Waals surface area contributed by atoms with E-state index in [0.717, 1.165) is 5.56 Å². The Balaban J connectivity index is 1.70. The molecule has 0 saturated heterocycles. The van der Waals surface area contributed by atoms with Crippen molar-refractivity contribution in [1.82, 2.24) is 15.2 Å². The van der Waals surface area contributed by atoms with E-state index in [9.17, 15) is 9.59 Å². The molecule has 2 aliphatic rings. The molecule has 0 unspecified atom stereocenters. The minimum Gasteiger partial charge on any atom is -0.497 e. The number of nitrogens with one attached hydrogen (secondary N) is 1. The van der Waals surface area contributed by atoms with Crippen molar-refractivity contribution in [2.24, 2.45) is 4.99 Å². The zero-order valence-electron chi connectivity index (χ0n) is 21.5. The van der Waals surface area contributed by atoms with E-state index < -0.39 is 12.0 Å². The average Bonchev–Trinajstić information content (AvgIpc) is 3.28. The van der Waals surface area contributed by atoms with Crippen LogP contribution in [0.5, 0.6) is 11.5 Å². The van der Waals surface area contributed by atoms with Gasteiger partial charge in [-0.1, -0.05) is 11.8 Å². The second-order valence-electron chi connectivity index (χ2n) is 8.76. The molecule has 0 radical (unpaired) electrons. The lowest BCUT2D eigenvalue weighted by Gasteiger charge is -2.37. The van der Waals surface area contributed by atoms with E-state index in [0.29, 0.717) is 45.7 Å². The number of esters is 1. The van der Waals surface area contributed by atoms with Crippen LogP contribution in [0.25, 0.3) is 0 Å². The Morgan fingerprint density at radius 2 is 1.89 bits per heavy atom. The number of nitrogens with zero attached hydrogens (tertiary/aromatic N) is 3. The minimum atomic E-state index is -0.627. The number of pyridine rings is 1. The van der Waals surface area contributed by atoms with Crippen molar-refractivity contribution >= 4 is 28.8 Å². The molecule has 194 valence electrons. The maximum Gasteiger partial charge on any atom is 0.338 e. The second kappa shape index (κ2) is 11.5. The molecule has 1 atom stereocenters. The first kappa shape index (κ1) is 26.3. The fourth-order valence-corrected chi connectivity index (χ4v) is 5.15. The van der Waals surface area contributed by atoms with Gasteiger partial charge in [-0.2, -0.15) is 0 Å². The van der Waals surface area contributed by atoms with Gasteiger partial charge in [0, 0.05) is 30.2 Å². The zero-order chi connectivity index (χ0) is 26.5. The fraction of sp³-hybridized carbons (Fsp3) is 0.333. The predicted molar refractivity (Wildman–Crippen MR) is 142 cm³/mol. The van der Waals surface area contributed by atoms with Crippen LogP contribution in [0.3, 0.4) is 0 Å². The molecule has 9 nitrogen and oxygen atoms in total. The monoisotopic (exact) mass is 522 g/mol. The highest BCUT2D eigenvalue weighted by Gasteiger charge is 2.42. The molecule has 0 aliphatic carbocycles. The Hall–Kier alpha value is -3.79. The number of ether oxygens (including phenoxy) is 3. The van der Waals surface area contributed by atoms with Gasteiger partial charge in [-0.3, -0.25) is 9.78 Å². The molecule has 0 saturated carbocycles. The Morgan fingerprint density at radius 3 is 2.57 bits per heavy atom. The molecule has 4 rings (SSSR count). The largest absolute Gasteiger partial charge is 0.497 e. The topological polar surface area (TPSA) is 102 Å². The van der Waals surface area contributed by atoms with Crippen molar-refractivity contribution in [2.45, 2.75) is 45.9 Å². The van der Waals surface area contributed by atoms with Crippen LogP contribution in [0.1, 0.15) is 44.4 Å². The number of hydrogen-bond acceptors (Lipinski definition) is 9. The SMILES string of the molecule is COc1ccc(OC)c([C@H]2C(C(=O)OC(C)C)=C(C)N=C3SC=C(CC(=O)NCc4ccncc4)N32)c1. The van der Waals surface area contributed by atoms with Crippen molar-refractivity contribution in [2.75, 3.05) is 14.2 Å². The highest BCUT2D eigenvalue weighted by atomic mass is 32.2. The lowest BCUT2D eigenvalue weighted by atomic mass is 9.92. The van der Waals surface area contributed by atoms with Crippen molar-refractivity contribution < 1.29 is 23.8 Å². The molecule has 0 bridgehead atoms. The third-order valence-electron chi connectivity index (χ3n) is 5.88. The van der Waals surface area contributed by atoms with Gasteiger partial charge >= 0.3 is 5.97 Å².